The standard InChI is InChI=1S/C17H17F3N4OS.C13H15F3N2O2/c18-17(19,20)12-1-3-13(4-2-12)22-16(26)24-7-5-23(6-8-24)14-9-15(25)11-21-10-14;14-13(15,16)11-8-10(6-7-12(11)18(19)20)17-9-4-2-1-3-5-9/h1-4,9-11,25H,5-8H2,(H,22,26);6-9,17H,1-5H2. The van der Waals surface area contributed by atoms with Gasteiger partial charge in [-0.25, -0.2) is 0 Å². The van der Waals surface area contributed by atoms with Crippen LogP contribution in [0.4, 0.5) is 49.1 Å². The molecule has 5 rings (SSSR count). The summed E-state index contributed by atoms with van der Waals surface area (Å²) in [6, 6.07) is 9.65. The summed E-state index contributed by atoms with van der Waals surface area (Å²) in [6.45, 7) is 2.70. The van der Waals surface area contributed by atoms with Crippen LogP contribution in [0.5, 0.6) is 5.75 Å². The number of anilines is 3. The van der Waals surface area contributed by atoms with Crippen LogP contribution in [0.15, 0.2) is 60.9 Å². The first-order chi connectivity index (χ1) is 21.7. The molecule has 2 aromatic carbocycles. The van der Waals surface area contributed by atoms with Crippen molar-refractivity contribution in [1.29, 1.82) is 0 Å². The van der Waals surface area contributed by atoms with Gasteiger partial charge in [-0.15, -0.1) is 0 Å². The summed E-state index contributed by atoms with van der Waals surface area (Å²) in [6.07, 6.45) is -0.934. The summed E-state index contributed by atoms with van der Waals surface area (Å²) in [4.78, 5) is 17.7. The molecule has 1 saturated heterocycles. The van der Waals surface area contributed by atoms with Crippen LogP contribution < -0.4 is 15.5 Å². The summed E-state index contributed by atoms with van der Waals surface area (Å²) < 4.78 is 76.3. The second-order valence-electron chi connectivity index (χ2n) is 10.8. The first-order valence-electron chi connectivity index (χ1n) is 14.4. The van der Waals surface area contributed by atoms with E-state index in [1.807, 2.05) is 4.90 Å². The third-order valence-electron chi connectivity index (χ3n) is 7.58. The maximum Gasteiger partial charge on any atom is 0.423 e. The lowest BCUT2D eigenvalue weighted by atomic mass is 9.95. The van der Waals surface area contributed by atoms with Crippen LogP contribution in [0.25, 0.3) is 0 Å². The summed E-state index contributed by atoms with van der Waals surface area (Å²) in [7, 11) is 0. The second-order valence-corrected chi connectivity index (χ2v) is 11.2. The van der Waals surface area contributed by atoms with Crippen molar-refractivity contribution >= 4 is 40.1 Å². The van der Waals surface area contributed by atoms with Gasteiger partial charge < -0.3 is 25.5 Å². The number of piperazine rings is 1. The van der Waals surface area contributed by atoms with Crippen LogP contribution in [-0.2, 0) is 12.4 Å². The maximum absolute atomic E-state index is 12.8. The molecule has 0 bridgehead atoms. The molecule has 0 unspecified atom stereocenters. The third kappa shape index (κ3) is 9.58. The second kappa shape index (κ2) is 14.8. The Hall–Kier alpha value is -4.34. The molecule has 46 heavy (non-hydrogen) atoms. The average molecular weight is 671 g/mol. The van der Waals surface area contributed by atoms with Gasteiger partial charge in [0, 0.05) is 55.7 Å². The number of hydrogen-bond donors (Lipinski definition) is 3. The van der Waals surface area contributed by atoms with E-state index in [1.165, 1.54) is 24.4 Å². The average Bonchev–Trinajstić information content (AvgIpc) is 3.01. The predicted octanol–water partition coefficient (Wildman–Crippen LogP) is 7.68. The first kappa shape index (κ1) is 34.5. The minimum absolute atomic E-state index is 0.115. The topological polar surface area (TPSA) is 107 Å². The van der Waals surface area contributed by atoms with Crippen LogP contribution in [0.2, 0.25) is 0 Å². The molecule has 2 heterocycles. The lowest BCUT2D eigenvalue weighted by Gasteiger charge is -2.37. The molecule has 0 spiro atoms. The lowest BCUT2D eigenvalue weighted by Crippen LogP contribution is -2.50. The highest BCUT2D eigenvalue weighted by atomic mass is 32.1. The fourth-order valence-corrected chi connectivity index (χ4v) is 5.50. The van der Waals surface area contributed by atoms with Crippen LogP contribution in [0.1, 0.15) is 43.2 Å². The predicted molar refractivity (Wildman–Crippen MR) is 166 cm³/mol. The molecule has 248 valence electrons. The maximum atomic E-state index is 12.8. The van der Waals surface area contributed by atoms with Gasteiger partial charge in [0.2, 0.25) is 0 Å². The molecule has 2 fully saturated rings. The highest BCUT2D eigenvalue weighted by Gasteiger charge is 2.38. The van der Waals surface area contributed by atoms with Gasteiger partial charge >= 0.3 is 12.4 Å². The molecule has 9 nitrogen and oxygen atoms in total. The van der Waals surface area contributed by atoms with E-state index in [2.05, 4.69) is 20.5 Å². The number of thiocarbonyl (C=S) groups is 1. The van der Waals surface area contributed by atoms with E-state index >= 15 is 0 Å². The number of nitrogens with one attached hydrogen (secondary N) is 2. The number of nitro benzene ring substituents is 1. The Bertz CT molecular complexity index is 1490. The van der Waals surface area contributed by atoms with Crippen LogP contribution in [0, 0.1) is 10.1 Å². The Morgan fingerprint density at radius 1 is 0.891 bits per heavy atom. The smallest absolute Gasteiger partial charge is 0.423 e. The van der Waals surface area contributed by atoms with Crippen LogP contribution >= 0.6 is 12.2 Å². The molecule has 16 heteroatoms. The van der Waals surface area contributed by atoms with Crippen molar-refractivity contribution in [2.24, 2.45) is 0 Å². The number of nitrogens with zero attached hydrogens (tertiary/aromatic N) is 4. The molecule has 3 aromatic rings. The fraction of sp³-hybridized carbons (Fsp3) is 0.400. The summed E-state index contributed by atoms with van der Waals surface area (Å²) in [5.74, 6) is 0.115. The zero-order valence-corrected chi connectivity index (χ0v) is 25.3. The van der Waals surface area contributed by atoms with E-state index in [0.29, 0.717) is 37.0 Å². The van der Waals surface area contributed by atoms with Crippen molar-refractivity contribution in [3.8, 4) is 5.75 Å². The van der Waals surface area contributed by atoms with Crippen molar-refractivity contribution in [3.63, 3.8) is 0 Å². The number of rotatable bonds is 5. The molecule has 1 aliphatic carbocycles. The molecule has 0 radical (unpaired) electrons. The highest BCUT2D eigenvalue weighted by Crippen LogP contribution is 2.38. The normalized spacial score (nSPS) is 15.9. The number of nitro groups is 1. The molecule has 0 atom stereocenters. The molecule has 1 aromatic heterocycles. The van der Waals surface area contributed by atoms with E-state index < -0.39 is 34.1 Å². The third-order valence-corrected chi connectivity index (χ3v) is 7.94. The monoisotopic (exact) mass is 670 g/mol. The number of pyridine rings is 1. The van der Waals surface area contributed by atoms with Gasteiger partial charge in [-0.3, -0.25) is 15.1 Å². The molecule has 2 aliphatic rings. The van der Waals surface area contributed by atoms with E-state index in [1.54, 1.807) is 12.3 Å². The Balaban J connectivity index is 0.000000216. The van der Waals surface area contributed by atoms with Gasteiger partial charge in [0.15, 0.2) is 5.11 Å². The number of alkyl halides is 6. The zero-order chi connectivity index (χ0) is 33.5. The van der Waals surface area contributed by atoms with Gasteiger partial charge in [-0.1, -0.05) is 19.3 Å². The number of hydrogen-bond acceptors (Lipinski definition) is 7. The number of aromatic hydroxyl groups is 1. The van der Waals surface area contributed by atoms with Crippen molar-refractivity contribution in [2.75, 3.05) is 41.7 Å². The summed E-state index contributed by atoms with van der Waals surface area (Å²) in [5, 5.41) is 26.7. The van der Waals surface area contributed by atoms with Gasteiger partial charge in [-0.2, -0.15) is 26.3 Å². The zero-order valence-electron chi connectivity index (χ0n) is 24.4. The quantitative estimate of drug-likeness (QED) is 0.109. The molecule has 1 saturated carbocycles. The van der Waals surface area contributed by atoms with Gasteiger partial charge in [0.25, 0.3) is 5.69 Å². The molecular formula is C30H32F6N6O3S. The van der Waals surface area contributed by atoms with Crippen molar-refractivity contribution in [3.05, 3.63) is 82.2 Å². The van der Waals surface area contributed by atoms with Gasteiger partial charge in [-0.05, 0) is 61.5 Å². The van der Waals surface area contributed by atoms with Gasteiger partial charge in [0.05, 0.1) is 28.6 Å². The largest absolute Gasteiger partial charge is 0.506 e. The first-order valence-corrected chi connectivity index (χ1v) is 14.9. The van der Waals surface area contributed by atoms with E-state index in [-0.39, 0.29) is 17.5 Å². The molecule has 3 N–H and O–H groups in total. The number of halogens is 6. The van der Waals surface area contributed by atoms with Crippen LogP contribution in [0.3, 0.4) is 0 Å². The number of benzene rings is 2. The Morgan fingerprint density at radius 3 is 2.09 bits per heavy atom. The molecular weight excluding hydrogens is 638 g/mol. The summed E-state index contributed by atoms with van der Waals surface area (Å²) >= 11 is 5.36. The Morgan fingerprint density at radius 2 is 1.52 bits per heavy atom. The summed E-state index contributed by atoms with van der Waals surface area (Å²) in [5.41, 5.74) is -1.17. The lowest BCUT2D eigenvalue weighted by molar-refractivity contribution is -0.388. The minimum Gasteiger partial charge on any atom is -0.506 e. The van der Waals surface area contributed by atoms with Crippen molar-refractivity contribution in [2.45, 2.75) is 50.5 Å². The minimum atomic E-state index is -4.73. The highest BCUT2D eigenvalue weighted by molar-refractivity contribution is 7.80. The van der Waals surface area contributed by atoms with Crippen molar-refractivity contribution in [1.82, 2.24) is 9.88 Å². The fourth-order valence-electron chi connectivity index (χ4n) is 5.20. The van der Waals surface area contributed by atoms with E-state index in [4.69, 9.17) is 12.2 Å². The number of aromatic nitrogens is 1. The molecule has 1 aliphatic heterocycles. The van der Waals surface area contributed by atoms with E-state index in [9.17, 15) is 41.6 Å². The molecule has 0 amide bonds. The van der Waals surface area contributed by atoms with E-state index in [0.717, 1.165) is 62.1 Å². The Kier molecular flexibility index (Phi) is 11.1. The Labute approximate surface area is 266 Å². The van der Waals surface area contributed by atoms with Gasteiger partial charge in [0.1, 0.15) is 11.3 Å². The SMILES string of the molecule is O=[N+]([O-])c1ccc(NC2CCCCC2)cc1C(F)(F)F.Oc1cncc(N2CCN(C(=S)Nc3ccc(C(F)(F)F)cc3)CC2)c1. The van der Waals surface area contributed by atoms with Crippen LogP contribution in [-0.4, -0.2) is 57.2 Å². The van der Waals surface area contributed by atoms with Crippen molar-refractivity contribution < 1.29 is 36.4 Å².